The maximum Gasteiger partial charge on any atom is 0.389 e. The number of hydrogen-bond donors (Lipinski definition) is 2. The second kappa shape index (κ2) is 7.21. The molecule has 0 aliphatic carbocycles. The molecule has 4 heterocycles. The lowest BCUT2D eigenvalue weighted by Gasteiger charge is -2.35. The molecule has 0 radical (unpaired) electrons. The van der Waals surface area contributed by atoms with Gasteiger partial charge in [0.25, 0.3) is 0 Å². The van der Waals surface area contributed by atoms with Gasteiger partial charge in [0, 0.05) is 37.1 Å². The zero-order chi connectivity index (χ0) is 19.7. The van der Waals surface area contributed by atoms with E-state index in [9.17, 15) is 18.0 Å². The fraction of sp³-hybridized carbons (Fsp3) is 0.471. The predicted octanol–water partition coefficient (Wildman–Crippen LogP) is 2.33. The highest BCUT2D eigenvalue weighted by molar-refractivity contribution is 6.08. The molecule has 3 aromatic heterocycles. The van der Waals surface area contributed by atoms with Gasteiger partial charge in [0.15, 0.2) is 11.3 Å². The minimum atomic E-state index is -4.33. The Morgan fingerprint density at radius 1 is 1.36 bits per heavy atom. The normalized spacial score (nSPS) is 18.0. The number of nitrogens with zero attached hydrogens (tertiary/aromatic N) is 5. The summed E-state index contributed by atoms with van der Waals surface area (Å²) >= 11 is 0. The Labute approximate surface area is 157 Å². The first-order valence-electron chi connectivity index (χ1n) is 8.96. The van der Waals surface area contributed by atoms with Crippen molar-refractivity contribution in [2.75, 3.05) is 18.0 Å². The van der Waals surface area contributed by atoms with Crippen LogP contribution >= 0.6 is 0 Å². The van der Waals surface area contributed by atoms with Gasteiger partial charge < -0.3 is 10.2 Å². The van der Waals surface area contributed by atoms with Crippen LogP contribution in [0.5, 0.6) is 0 Å². The number of nitrogens with one attached hydrogen (secondary N) is 2. The SMILES string of the molecule is O=C(CCC(F)(F)F)NC1CCCN(c2cn[nH]c3nnc4nccc4c23)C1. The van der Waals surface area contributed by atoms with E-state index in [0.717, 1.165) is 29.4 Å². The van der Waals surface area contributed by atoms with Crippen molar-refractivity contribution < 1.29 is 18.0 Å². The lowest BCUT2D eigenvalue weighted by atomic mass is 10.0. The van der Waals surface area contributed by atoms with Gasteiger partial charge in [-0.1, -0.05) is 0 Å². The second-order valence-electron chi connectivity index (χ2n) is 6.83. The molecule has 0 bridgehead atoms. The number of carbonyl (C=O) groups excluding carboxylic acids is 1. The Hall–Kier alpha value is -2.98. The quantitative estimate of drug-likeness (QED) is 0.706. The summed E-state index contributed by atoms with van der Waals surface area (Å²) in [6.45, 7) is 1.23. The minimum Gasteiger partial charge on any atom is -0.368 e. The molecule has 1 aliphatic heterocycles. The number of alkyl halides is 3. The first-order valence-corrected chi connectivity index (χ1v) is 8.96. The Balaban J connectivity index is 1.54. The van der Waals surface area contributed by atoms with E-state index in [1.807, 2.05) is 6.07 Å². The zero-order valence-electron chi connectivity index (χ0n) is 14.8. The van der Waals surface area contributed by atoms with Crippen LogP contribution in [-0.2, 0) is 4.79 Å². The molecule has 8 nitrogen and oxygen atoms in total. The van der Waals surface area contributed by atoms with Gasteiger partial charge in [0.1, 0.15) is 0 Å². The summed E-state index contributed by atoms with van der Waals surface area (Å²) in [7, 11) is 0. The minimum absolute atomic E-state index is 0.225. The molecule has 4 rings (SSSR count). The van der Waals surface area contributed by atoms with Gasteiger partial charge >= 0.3 is 6.18 Å². The van der Waals surface area contributed by atoms with Crippen LogP contribution in [0.2, 0.25) is 0 Å². The Bertz CT molecular complexity index is 1000. The molecule has 1 saturated heterocycles. The highest BCUT2D eigenvalue weighted by atomic mass is 19.4. The highest BCUT2D eigenvalue weighted by Crippen LogP contribution is 2.31. The highest BCUT2D eigenvalue weighted by Gasteiger charge is 2.29. The van der Waals surface area contributed by atoms with Crippen LogP contribution in [0.4, 0.5) is 18.9 Å². The lowest BCUT2D eigenvalue weighted by molar-refractivity contribution is -0.144. The average molecular weight is 393 g/mol. The molecule has 1 atom stereocenters. The topological polar surface area (TPSA) is 99.7 Å². The van der Waals surface area contributed by atoms with E-state index in [1.165, 1.54) is 0 Å². The molecule has 11 heteroatoms. The van der Waals surface area contributed by atoms with Crippen molar-refractivity contribution in [3.8, 4) is 0 Å². The summed E-state index contributed by atoms with van der Waals surface area (Å²) in [4.78, 5) is 18.1. The van der Waals surface area contributed by atoms with Crippen molar-refractivity contribution in [1.82, 2.24) is 30.7 Å². The number of fused-ring (bicyclic) bond motifs is 3. The molecule has 0 aromatic carbocycles. The molecule has 3 aromatic rings. The molecule has 148 valence electrons. The lowest BCUT2D eigenvalue weighted by Crippen LogP contribution is -2.48. The number of piperidine rings is 1. The molecule has 1 unspecified atom stereocenters. The second-order valence-corrected chi connectivity index (χ2v) is 6.83. The third-order valence-electron chi connectivity index (χ3n) is 4.81. The monoisotopic (exact) mass is 393 g/mol. The molecule has 0 saturated carbocycles. The summed E-state index contributed by atoms with van der Waals surface area (Å²) in [6, 6.07) is 1.63. The predicted molar refractivity (Wildman–Crippen MR) is 95.7 cm³/mol. The van der Waals surface area contributed by atoms with Gasteiger partial charge in [0.2, 0.25) is 5.91 Å². The van der Waals surface area contributed by atoms with Crippen LogP contribution in [0.1, 0.15) is 25.7 Å². The Morgan fingerprint density at radius 3 is 3.04 bits per heavy atom. The van der Waals surface area contributed by atoms with E-state index in [-0.39, 0.29) is 6.04 Å². The summed E-state index contributed by atoms with van der Waals surface area (Å²) in [5.41, 5.74) is 1.88. The summed E-state index contributed by atoms with van der Waals surface area (Å²) in [5.74, 6) is -0.581. The maximum atomic E-state index is 12.3. The molecule has 1 aliphatic rings. The number of anilines is 1. The van der Waals surface area contributed by atoms with E-state index in [1.54, 1.807) is 12.4 Å². The number of hydrogen-bond acceptors (Lipinski definition) is 6. The van der Waals surface area contributed by atoms with Crippen LogP contribution in [0.25, 0.3) is 22.1 Å². The van der Waals surface area contributed by atoms with E-state index in [2.05, 4.69) is 35.6 Å². The third-order valence-corrected chi connectivity index (χ3v) is 4.81. The van der Waals surface area contributed by atoms with Crippen molar-refractivity contribution in [3.05, 3.63) is 18.5 Å². The summed E-state index contributed by atoms with van der Waals surface area (Å²) in [6.07, 6.45) is -1.15. The Kier molecular flexibility index (Phi) is 4.73. The van der Waals surface area contributed by atoms with Crippen molar-refractivity contribution in [2.24, 2.45) is 0 Å². The first-order chi connectivity index (χ1) is 13.4. The molecule has 1 amide bonds. The van der Waals surface area contributed by atoms with Crippen LogP contribution in [-0.4, -0.2) is 56.6 Å². The Morgan fingerprint density at radius 2 is 2.21 bits per heavy atom. The van der Waals surface area contributed by atoms with Crippen LogP contribution in [0, 0.1) is 0 Å². The smallest absolute Gasteiger partial charge is 0.368 e. The molecule has 1 fully saturated rings. The fourth-order valence-electron chi connectivity index (χ4n) is 3.54. The molecular formula is C17H18F3N7O. The van der Waals surface area contributed by atoms with Crippen LogP contribution < -0.4 is 10.2 Å². The van der Waals surface area contributed by atoms with Gasteiger partial charge in [-0.3, -0.25) is 9.89 Å². The number of aromatic amines is 1. The number of halogens is 3. The molecule has 2 N–H and O–H groups in total. The third kappa shape index (κ3) is 3.82. The standard InChI is InChI=1S/C17H18F3N7O/c18-17(19,20)5-3-13(28)23-10-2-1-7-27(9-10)12-8-22-24-16-14(12)11-4-6-21-15(11)25-26-16/h4,6,8,10H,1-3,5,7,9H2,(H,23,28)(H,24,26). The van der Waals surface area contributed by atoms with E-state index in [0.29, 0.717) is 24.3 Å². The van der Waals surface area contributed by atoms with Crippen molar-refractivity contribution in [1.29, 1.82) is 0 Å². The number of rotatable bonds is 4. The van der Waals surface area contributed by atoms with Crippen LogP contribution in [0.15, 0.2) is 18.5 Å². The summed E-state index contributed by atoms with van der Waals surface area (Å²) in [5, 5.41) is 19.5. The van der Waals surface area contributed by atoms with E-state index >= 15 is 0 Å². The van der Waals surface area contributed by atoms with Gasteiger partial charge in [-0.15, -0.1) is 10.2 Å². The number of amides is 1. The number of carbonyl (C=O) groups is 1. The van der Waals surface area contributed by atoms with Gasteiger partial charge in [-0.25, -0.2) is 4.98 Å². The van der Waals surface area contributed by atoms with Crippen molar-refractivity contribution >= 4 is 33.7 Å². The van der Waals surface area contributed by atoms with Crippen molar-refractivity contribution in [2.45, 2.75) is 37.9 Å². The zero-order valence-corrected chi connectivity index (χ0v) is 14.8. The van der Waals surface area contributed by atoms with Crippen LogP contribution in [0.3, 0.4) is 0 Å². The fourth-order valence-corrected chi connectivity index (χ4v) is 3.54. The van der Waals surface area contributed by atoms with E-state index < -0.39 is 24.9 Å². The molecule has 28 heavy (non-hydrogen) atoms. The number of aromatic nitrogens is 5. The van der Waals surface area contributed by atoms with Gasteiger partial charge in [-0.2, -0.15) is 18.3 Å². The first kappa shape index (κ1) is 18.4. The number of H-pyrrole nitrogens is 1. The summed E-state index contributed by atoms with van der Waals surface area (Å²) < 4.78 is 36.9. The van der Waals surface area contributed by atoms with Gasteiger partial charge in [-0.05, 0) is 18.9 Å². The van der Waals surface area contributed by atoms with Crippen molar-refractivity contribution in [3.63, 3.8) is 0 Å². The largest absolute Gasteiger partial charge is 0.389 e. The molecule has 0 spiro atoms. The van der Waals surface area contributed by atoms with Gasteiger partial charge in [0.05, 0.1) is 23.7 Å². The average Bonchev–Trinajstić information content (AvgIpc) is 3.15. The molecular weight excluding hydrogens is 375 g/mol. The maximum absolute atomic E-state index is 12.3. The van der Waals surface area contributed by atoms with E-state index in [4.69, 9.17) is 0 Å².